The average molecular weight is 184 g/mol. The van der Waals surface area contributed by atoms with Crippen molar-refractivity contribution in [3.8, 4) is 0 Å². The van der Waals surface area contributed by atoms with Crippen LogP contribution < -0.4 is 0 Å². The summed E-state index contributed by atoms with van der Waals surface area (Å²) in [5, 5.41) is 0. The van der Waals surface area contributed by atoms with E-state index in [1.54, 1.807) is 0 Å². The van der Waals surface area contributed by atoms with E-state index in [9.17, 15) is 0 Å². The fraction of sp³-hybridized carbons (Fsp3) is 1.00. The van der Waals surface area contributed by atoms with Crippen molar-refractivity contribution in [1.29, 1.82) is 0 Å². The van der Waals surface area contributed by atoms with E-state index >= 15 is 0 Å². The molecule has 1 aliphatic carbocycles. The van der Waals surface area contributed by atoms with Gasteiger partial charge in [0.2, 0.25) is 0 Å². The van der Waals surface area contributed by atoms with Crippen LogP contribution in [-0.4, -0.2) is 19.0 Å². The van der Waals surface area contributed by atoms with Gasteiger partial charge in [-0.2, -0.15) is 0 Å². The van der Waals surface area contributed by atoms with Gasteiger partial charge in [0.1, 0.15) is 0 Å². The average Bonchev–Trinajstić information content (AvgIpc) is 2.32. The summed E-state index contributed by atoms with van der Waals surface area (Å²) in [7, 11) is 0. The smallest absolute Gasteiger partial charge is 0.169 e. The second-order valence-corrected chi connectivity index (χ2v) is 5.77. The second-order valence-electron chi connectivity index (χ2n) is 5.77. The quantitative estimate of drug-likeness (QED) is 0.576. The van der Waals surface area contributed by atoms with Crippen molar-refractivity contribution in [3.63, 3.8) is 0 Å². The summed E-state index contributed by atoms with van der Waals surface area (Å²) >= 11 is 0. The Morgan fingerprint density at radius 3 is 1.85 bits per heavy atom. The number of rotatable bonds is 0. The molecule has 1 spiro atoms. The van der Waals surface area contributed by atoms with E-state index in [0.29, 0.717) is 10.8 Å². The van der Waals surface area contributed by atoms with E-state index < -0.39 is 0 Å². The summed E-state index contributed by atoms with van der Waals surface area (Å²) in [4.78, 5) is 0. The molecule has 1 saturated heterocycles. The van der Waals surface area contributed by atoms with E-state index in [4.69, 9.17) is 9.47 Å². The Morgan fingerprint density at radius 2 is 1.46 bits per heavy atom. The molecule has 0 aromatic heterocycles. The van der Waals surface area contributed by atoms with Crippen LogP contribution in [0.4, 0.5) is 0 Å². The molecule has 2 fully saturated rings. The minimum Gasteiger partial charge on any atom is -0.347 e. The van der Waals surface area contributed by atoms with Crippen molar-refractivity contribution >= 4 is 0 Å². The second kappa shape index (κ2) is 2.48. The van der Waals surface area contributed by atoms with Crippen LogP contribution in [0.2, 0.25) is 0 Å². The third-order valence-electron chi connectivity index (χ3n) is 3.94. The molecule has 2 nitrogen and oxygen atoms in total. The Morgan fingerprint density at radius 1 is 1.00 bits per heavy atom. The monoisotopic (exact) mass is 184 g/mol. The topological polar surface area (TPSA) is 18.5 Å². The van der Waals surface area contributed by atoms with E-state index in [2.05, 4.69) is 27.7 Å². The molecule has 1 saturated carbocycles. The van der Waals surface area contributed by atoms with Crippen molar-refractivity contribution in [1.82, 2.24) is 0 Å². The fourth-order valence-corrected chi connectivity index (χ4v) is 2.37. The van der Waals surface area contributed by atoms with Crippen molar-refractivity contribution in [2.24, 2.45) is 10.8 Å². The largest absolute Gasteiger partial charge is 0.347 e. The SMILES string of the molecule is CC(C)(C)C1(C)CC2(C1)OCCO2. The minimum atomic E-state index is -0.192. The maximum absolute atomic E-state index is 5.64. The molecule has 0 unspecified atom stereocenters. The van der Waals surface area contributed by atoms with Crippen molar-refractivity contribution in [3.05, 3.63) is 0 Å². The highest BCUT2D eigenvalue weighted by Crippen LogP contribution is 2.60. The first kappa shape index (κ1) is 9.47. The Bertz CT molecular complexity index is 201. The number of hydrogen-bond donors (Lipinski definition) is 0. The minimum absolute atomic E-state index is 0.192. The van der Waals surface area contributed by atoms with Gasteiger partial charge in [0.25, 0.3) is 0 Å². The third-order valence-corrected chi connectivity index (χ3v) is 3.94. The van der Waals surface area contributed by atoms with E-state index in [-0.39, 0.29) is 5.79 Å². The molecular weight excluding hydrogens is 164 g/mol. The molecule has 13 heavy (non-hydrogen) atoms. The summed E-state index contributed by atoms with van der Waals surface area (Å²) < 4.78 is 11.3. The van der Waals surface area contributed by atoms with Gasteiger partial charge in [-0.1, -0.05) is 27.7 Å². The van der Waals surface area contributed by atoms with Crippen LogP contribution in [0.25, 0.3) is 0 Å². The molecule has 2 heteroatoms. The fourth-order valence-electron chi connectivity index (χ4n) is 2.37. The molecule has 2 rings (SSSR count). The van der Waals surface area contributed by atoms with E-state index in [1.165, 1.54) is 0 Å². The van der Waals surface area contributed by atoms with Gasteiger partial charge >= 0.3 is 0 Å². The molecule has 1 heterocycles. The predicted octanol–water partition coefficient (Wildman–Crippen LogP) is 2.58. The lowest BCUT2D eigenvalue weighted by Crippen LogP contribution is -2.56. The normalized spacial score (nSPS) is 30.5. The Labute approximate surface area is 80.6 Å². The van der Waals surface area contributed by atoms with Crippen molar-refractivity contribution in [2.75, 3.05) is 13.2 Å². The van der Waals surface area contributed by atoms with Crippen LogP contribution in [0.3, 0.4) is 0 Å². The summed E-state index contributed by atoms with van der Waals surface area (Å²) in [6, 6.07) is 0. The zero-order valence-electron chi connectivity index (χ0n) is 9.14. The lowest BCUT2D eigenvalue weighted by Gasteiger charge is -2.57. The van der Waals surface area contributed by atoms with Gasteiger partial charge in [-0.3, -0.25) is 0 Å². The number of hydrogen-bond acceptors (Lipinski definition) is 2. The molecule has 0 atom stereocenters. The maximum atomic E-state index is 5.64. The van der Waals surface area contributed by atoms with Gasteiger partial charge in [-0.05, 0) is 10.8 Å². The van der Waals surface area contributed by atoms with E-state index in [1.807, 2.05) is 0 Å². The molecule has 0 radical (unpaired) electrons. The highest BCUT2D eigenvalue weighted by Gasteiger charge is 2.60. The zero-order valence-corrected chi connectivity index (χ0v) is 9.14. The molecular formula is C11H20O2. The highest BCUT2D eigenvalue weighted by molar-refractivity contribution is 5.04. The van der Waals surface area contributed by atoms with Gasteiger partial charge in [0.15, 0.2) is 5.79 Å². The van der Waals surface area contributed by atoms with Gasteiger partial charge in [0, 0.05) is 12.8 Å². The van der Waals surface area contributed by atoms with Gasteiger partial charge in [-0.15, -0.1) is 0 Å². The predicted molar refractivity (Wildman–Crippen MR) is 51.4 cm³/mol. The van der Waals surface area contributed by atoms with Gasteiger partial charge in [0.05, 0.1) is 13.2 Å². The van der Waals surface area contributed by atoms with Gasteiger partial charge in [-0.25, -0.2) is 0 Å². The molecule has 0 bridgehead atoms. The Kier molecular flexibility index (Phi) is 1.81. The lowest BCUT2D eigenvalue weighted by molar-refractivity contribution is -0.279. The van der Waals surface area contributed by atoms with Gasteiger partial charge < -0.3 is 9.47 Å². The standard InChI is InChI=1S/C11H20O2/c1-9(2,3)10(4)7-11(8-10)12-5-6-13-11/h5-8H2,1-4H3. The maximum Gasteiger partial charge on any atom is 0.169 e. The molecule has 0 N–H and O–H groups in total. The molecule has 0 aromatic rings. The van der Waals surface area contributed by atoms with Crippen LogP contribution in [0, 0.1) is 10.8 Å². The first-order valence-corrected chi connectivity index (χ1v) is 5.15. The molecule has 2 aliphatic rings. The van der Waals surface area contributed by atoms with Crippen LogP contribution in [0.1, 0.15) is 40.5 Å². The zero-order chi connectivity index (χ0) is 9.74. The summed E-state index contributed by atoms with van der Waals surface area (Å²) in [6.07, 6.45) is 2.12. The first-order valence-electron chi connectivity index (χ1n) is 5.15. The number of ether oxygens (including phenoxy) is 2. The van der Waals surface area contributed by atoms with E-state index in [0.717, 1.165) is 26.1 Å². The summed E-state index contributed by atoms with van der Waals surface area (Å²) in [6.45, 7) is 10.8. The molecule has 1 aliphatic heterocycles. The van der Waals surface area contributed by atoms with Crippen LogP contribution in [-0.2, 0) is 9.47 Å². The first-order chi connectivity index (χ1) is 5.87. The summed E-state index contributed by atoms with van der Waals surface area (Å²) in [5.41, 5.74) is 0.741. The Balaban J connectivity index is 2.03. The molecule has 0 aromatic carbocycles. The highest BCUT2D eigenvalue weighted by atomic mass is 16.7. The lowest BCUT2D eigenvalue weighted by atomic mass is 9.53. The summed E-state index contributed by atoms with van der Waals surface area (Å²) in [5.74, 6) is -0.192. The van der Waals surface area contributed by atoms with Crippen LogP contribution in [0.15, 0.2) is 0 Å². The van der Waals surface area contributed by atoms with Crippen molar-refractivity contribution in [2.45, 2.75) is 46.3 Å². The molecule has 76 valence electrons. The van der Waals surface area contributed by atoms with Crippen molar-refractivity contribution < 1.29 is 9.47 Å². The molecule has 0 amide bonds. The van der Waals surface area contributed by atoms with Crippen LogP contribution in [0.5, 0.6) is 0 Å². The van der Waals surface area contributed by atoms with Crippen LogP contribution >= 0.6 is 0 Å². The Hall–Kier alpha value is -0.0800. The third kappa shape index (κ3) is 1.31.